The summed E-state index contributed by atoms with van der Waals surface area (Å²) in [4.78, 5) is 14.8. The minimum absolute atomic E-state index is 0.662. The third kappa shape index (κ3) is 3.87. The van der Waals surface area contributed by atoms with Gasteiger partial charge in [-0.3, -0.25) is 4.90 Å². The zero-order valence-electron chi connectivity index (χ0n) is 16.3. The van der Waals surface area contributed by atoms with Crippen molar-refractivity contribution in [2.24, 2.45) is 5.92 Å². The van der Waals surface area contributed by atoms with Crippen molar-refractivity contribution in [1.29, 1.82) is 0 Å². The van der Waals surface area contributed by atoms with Crippen LogP contribution in [0.1, 0.15) is 36.8 Å². The summed E-state index contributed by atoms with van der Waals surface area (Å²) in [6.07, 6.45) is 4.59. The monoisotopic (exact) mass is 359 g/mol. The van der Waals surface area contributed by atoms with Gasteiger partial charge in [0.1, 0.15) is 11.6 Å². The fourth-order valence-electron chi connectivity index (χ4n) is 4.78. The fraction of sp³-hybridized carbons (Fsp3) is 0.800. The van der Waals surface area contributed by atoms with Crippen LogP contribution in [0.2, 0.25) is 0 Å². The van der Waals surface area contributed by atoms with Crippen molar-refractivity contribution < 1.29 is 4.74 Å². The average Bonchev–Trinajstić information content (AvgIpc) is 2.93. The molecule has 3 aliphatic rings. The van der Waals surface area contributed by atoms with E-state index in [1.54, 1.807) is 0 Å². The minimum Gasteiger partial charge on any atom is -0.379 e. The number of piperidine rings is 1. The van der Waals surface area contributed by atoms with E-state index in [1.807, 2.05) is 6.92 Å². The number of hydrogen-bond acceptors (Lipinski definition) is 6. The molecule has 6 nitrogen and oxygen atoms in total. The van der Waals surface area contributed by atoms with Crippen LogP contribution >= 0.6 is 0 Å². The van der Waals surface area contributed by atoms with Crippen molar-refractivity contribution in [3.8, 4) is 0 Å². The Labute approximate surface area is 157 Å². The molecule has 0 amide bonds. The van der Waals surface area contributed by atoms with Crippen molar-refractivity contribution >= 4 is 5.82 Å². The summed E-state index contributed by atoms with van der Waals surface area (Å²) in [7, 11) is 0. The molecule has 0 radical (unpaired) electrons. The van der Waals surface area contributed by atoms with Gasteiger partial charge in [0.25, 0.3) is 0 Å². The molecular weight excluding hydrogens is 326 g/mol. The summed E-state index contributed by atoms with van der Waals surface area (Å²) >= 11 is 0. The van der Waals surface area contributed by atoms with Crippen LogP contribution in [0, 0.1) is 12.8 Å². The Hall–Kier alpha value is -1.24. The maximum Gasteiger partial charge on any atom is 0.135 e. The van der Waals surface area contributed by atoms with Crippen LogP contribution in [-0.2, 0) is 17.6 Å². The van der Waals surface area contributed by atoms with E-state index in [2.05, 4.69) is 22.0 Å². The van der Waals surface area contributed by atoms with Gasteiger partial charge in [-0.15, -0.1) is 0 Å². The lowest BCUT2D eigenvalue weighted by atomic mass is 9.89. The number of nitrogens with one attached hydrogen (secondary N) is 1. The number of rotatable bonds is 3. The molecule has 2 saturated heterocycles. The first kappa shape index (κ1) is 18.1. The molecule has 3 aliphatic heterocycles. The number of nitrogens with zero attached hydrogens (tertiary/aromatic N) is 4. The first-order chi connectivity index (χ1) is 12.7. The molecule has 26 heavy (non-hydrogen) atoms. The maximum absolute atomic E-state index is 5.52. The Morgan fingerprint density at radius 3 is 2.54 bits per heavy atom. The van der Waals surface area contributed by atoms with Gasteiger partial charge in [-0.05, 0) is 45.6 Å². The topological polar surface area (TPSA) is 53.5 Å². The van der Waals surface area contributed by atoms with Crippen LogP contribution in [0.3, 0.4) is 0 Å². The van der Waals surface area contributed by atoms with Crippen LogP contribution in [0.4, 0.5) is 5.82 Å². The second kappa shape index (κ2) is 8.19. The number of anilines is 1. The molecule has 144 valence electrons. The molecule has 4 rings (SSSR count). The summed E-state index contributed by atoms with van der Waals surface area (Å²) in [6, 6.07) is 0.662. The highest BCUT2D eigenvalue weighted by Gasteiger charge is 2.30. The lowest BCUT2D eigenvalue weighted by Gasteiger charge is -2.41. The quantitative estimate of drug-likeness (QED) is 0.881. The van der Waals surface area contributed by atoms with Crippen LogP contribution in [0.25, 0.3) is 0 Å². The molecule has 0 unspecified atom stereocenters. The molecule has 4 heterocycles. The summed E-state index contributed by atoms with van der Waals surface area (Å²) in [5, 5.41) is 3.50. The molecule has 2 fully saturated rings. The smallest absolute Gasteiger partial charge is 0.135 e. The van der Waals surface area contributed by atoms with E-state index in [-0.39, 0.29) is 0 Å². The van der Waals surface area contributed by atoms with Crippen molar-refractivity contribution in [2.45, 2.75) is 45.6 Å². The van der Waals surface area contributed by atoms with Crippen LogP contribution < -0.4 is 10.2 Å². The predicted octanol–water partition coefficient (Wildman–Crippen LogP) is 1.41. The van der Waals surface area contributed by atoms with Crippen LogP contribution in [0.5, 0.6) is 0 Å². The Morgan fingerprint density at radius 1 is 1.04 bits per heavy atom. The molecule has 1 atom stereocenters. The molecule has 0 saturated carbocycles. The number of morpholine rings is 1. The van der Waals surface area contributed by atoms with Gasteiger partial charge in [0.05, 0.1) is 18.9 Å². The number of fused-ring (bicyclic) bond motifs is 1. The summed E-state index contributed by atoms with van der Waals surface area (Å²) in [6.45, 7) is 12.7. The van der Waals surface area contributed by atoms with Crippen molar-refractivity contribution in [1.82, 2.24) is 20.2 Å². The Bertz CT molecular complexity index is 608. The van der Waals surface area contributed by atoms with Crippen molar-refractivity contribution in [3.05, 3.63) is 17.1 Å². The fourth-order valence-corrected chi connectivity index (χ4v) is 4.78. The van der Waals surface area contributed by atoms with E-state index in [0.717, 1.165) is 77.1 Å². The highest BCUT2D eigenvalue weighted by molar-refractivity contribution is 5.50. The van der Waals surface area contributed by atoms with Crippen LogP contribution in [-0.4, -0.2) is 73.4 Å². The summed E-state index contributed by atoms with van der Waals surface area (Å²) in [5.74, 6) is 2.92. The largest absolute Gasteiger partial charge is 0.379 e. The van der Waals surface area contributed by atoms with E-state index in [0.29, 0.717) is 6.04 Å². The number of hydrogen-bond donors (Lipinski definition) is 1. The molecular formula is C20H33N5O. The third-order valence-electron chi connectivity index (χ3n) is 6.42. The molecule has 1 aromatic heterocycles. The lowest BCUT2D eigenvalue weighted by molar-refractivity contribution is 0.00447. The molecule has 1 N–H and O–H groups in total. The first-order valence-corrected chi connectivity index (χ1v) is 10.4. The van der Waals surface area contributed by atoms with Gasteiger partial charge in [-0.25, -0.2) is 9.97 Å². The van der Waals surface area contributed by atoms with Gasteiger partial charge in [0.2, 0.25) is 0 Å². The Morgan fingerprint density at radius 2 is 1.77 bits per heavy atom. The van der Waals surface area contributed by atoms with Gasteiger partial charge < -0.3 is 15.0 Å². The van der Waals surface area contributed by atoms with Gasteiger partial charge in [-0.2, -0.15) is 0 Å². The normalized spacial score (nSPS) is 24.2. The summed E-state index contributed by atoms with van der Waals surface area (Å²) in [5.41, 5.74) is 2.65. The van der Waals surface area contributed by atoms with E-state index in [9.17, 15) is 0 Å². The number of ether oxygens (including phenoxy) is 1. The number of aromatic nitrogens is 2. The van der Waals surface area contributed by atoms with Gasteiger partial charge in [-0.1, -0.05) is 0 Å². The molecule has 6 heteroatoms. The lowest BCUT2D eigenvalue weighted by Crippen LogP contribution is -2.48. The Kier molecular flexibility index (Phi) is 5.72. The SMILES string of the molecule is Cc1nc2c(c(N3CCC([C@H](C)N4CCOCC4)CC3)n1)CCNCC2. The standard InChI is InChI=1S/C20H33N5O/c1-15(24-11-13-26-14-12-24)17-5-9-25(10-6-17)20-18-3-7-21-8-4-19(18)22-16(2)23-20/h15,17,21H,3-14H2,1-2H3/t15-/m0/s1. The molecule has 0 aromatic carbocycles. The highest BCUT2D eigenvalue weighted by atomic mass is 16.5. The zero-order valence-corrected chi connectivity index (χ0v) is 16.3. The maximum atomic E-state index is 5.52. The van der Waals surface area contributed by atoms with Gasteiger partial charge >= 0.3 is 0 Å². The summed E-state index contributed by atoms with van der Waals surface area (Å²) < 4.78 is 5.52. The van der Waals surface area contributed by atoms with Crippen molar-refractivity contribution in [2.75, 3.05) is 57.4 Å². The van der Waals surface area contributed by atoms with E-state index >= 15 is 0 Å². The molecule has 0 bridgehead atoms. The predicted molar refractivity (Wildman–Crippen MR) is 104 cm³/mol. The molecule has 0 aliphatic carbocycles. The first-order valence-electron chi connectivity index (χ1n) is 10.4. The third-order valence-corrected chi connectivity index (χ3v) is 6.42. The van der Waals surface area contributed by atoms with Gasteiger partial charge in [0, 0.05) is 50.7 Å². The van der Waals surface area contributed by atoms with E-state index in [4.69, 9.17) is 14.7 Å². The Balaban J connectivity index is 1.44. The second-order valence-electron chi connectivity index (χ2n) is 7.98. The van der Waals surface area contributed by atoms with Crippen molar-refractivity contribution in [3.63, 3.8) is 0 Å². The second-order valence-corrected chi connectivity index (χ2v) is 7.98. The molecule has 0 spiro atoms. The highest BCUT2D eigenvalue weighted by Crippen LogP contribution is 2.30. The van der Waals surface area contributed by atoms with Crippen LogP contribution in [0.15, 0.2) is 0 Å². The zero-order chi connectivity index (χ0) is 17.9. The van der Waals surface area contributed by atoms with E-state index in [1.165, 1.54) is 29.9 Å². The average molecular weight is 360 g/mol. The molecule has 1 aromatic rings. The number of aryl methyl sites for hydroxylation is 1. The van der Waals surface area contributed by atoms with Gasteiger partial charge in [0.15, 0.2) is 0 Å². The minimum atomic E-state index is 0.662. The van der Waals surface area contributed by atoms with E-state index < -0.39 is 0 Å².